The van der Waals surface area contributed by atoms with Gasteiger partial charge in [0.25, 0.3) is 0 Å². The Balaban J connectivity index is 1.17. The number of nitriles is 1. The molecule has 2 bridgehead atoms. The maximum atomic E-state index is 17.9. The molecule has 1 N–H and O–H groups in total. The number of pyridine rings is 1. The molecule has 4 aromatic rings. The molecule has 4 aliphatic heterocycles. The molecule has 324 valence electrons. The number of ether oxygens (including phenoxy) is 4. The van der Waals surface area contributed by atoms with Crippen molar-refractivity contribution in [2.75, 3.05) is 49.5 Å². The van der Waals surface area contributed by atoms with Crippen molar-refractivity contribution in [2.45, 2.75) is 116 Å². The van der Waals surface area contributed by atoms with Crippen LogP contribution < -0.4 is 15.0 Å². The zero-order chi connectivity index (χ0) is 43.2. The summed E-state index contributed by atoms with van der Waals surface area (Å²) in [6.07, 6.45) is 2.68. The van der Waals surface area contributed by atoms with Gasteiger partial charge in [-0.05, 0) is 84.8 Å². The molecular formula is C43H49F3N8O6S. The number of likely N-dealkylation sites (tertiary alicyclic amines) is 2. The van der Waals surface area contributed by atoms with Crippen LogP contribution in [0, 0.1) is 28.4 Å². The quantitative estimate of drug-likeness (QED) is 0.182. The third kappa shape index (κ3) is 7.89. The smallest absolute Gasteiger partial charge is 0.412 e. The van der Waals surface area contributed by atoms with E-state index in [4.69, 9.17) is 28.9 Å². The molecule has 14 nitrogen and oxygen atoms in total. The largest absolute Gasteiger partial charge is 0.463 e. The molecule has 0 radical (unpaired) electrons. The predicted octanol–water partition coefficient (Wildman–Crippen LogP) is 8.22. The number of nitrogens with one attached hydrogen (secondary N) is 1. The summed E-state index contributed by atoms with van der Waals surface area (Å²) in [6, 6.07) is 1.70. The summed E-state index contributed by atoms with van der Waals surface area (Å²) in [4.78, 5) is 46.3. The van der Waals surface area contributed by atoms with Crippen molar-refractivity contribution in [1.82, 2.24) is 24.8 Å². The maximum Gasteiger partial charge on any atom is 0.412 e. The van der Waals surface area contributed by atoms with E-state index in [2.05, 4.69) is 26.2 Å². The fourth-order valence-electron chi connectivity index (χ4n) is 9.21. The Labute approximate surface area is 355 Å². The lowest BCUT2D eigenvalue weighted by Gasteiger charge is -2.42. The monoisotopic (exact) mass is 862 g/mol. The number of halogens is 3. The number of hydrogen-bond donors (Lipinski definition) is 1. The number of amides is 2. The number of rotatable bonds is 8. The summed E-state index contributed by atoms with van der Waals surface area (Å²) in [6.45, 7) is 13.4. The summed E-state index contributed by atoms with van der Waals surface area (Å²) >= 11 is 0.826. The van der Waals surface area contributed by atoms with Crippen LogP contribution in [-0.2, 0) is 27.4 Å². The van der Waals surface area contributed by atoms with Crippen LogP contribution in [0.1, 0.15) is 90.3 Å². The molecule has 18 heteroatoms. The van der Waals surface area contributed by atoms with E-state index >= 15 is 8.78 Å². The molecule has 0 spiro atoms. The van der Waals surface area contributed by atoms with Gasteiger partial charge in [0.2, 0.25) is 0 Å². The summed E-state index contributed by atoms with van der Waals surface area (Å²) in [5, 5.41) is 13.5. The number of anilines is 2. The van der Waals surface area contributed by atoms with Crippen molar-refractivity contribution in [1.29, 1.82) is 5.26 Å². The molecule has 2 unspecified atom stereocenters. The number of piperazine rings is 1. The number of hydrogen-bond acceptors (Lipinski definition) is 13. The van der Waals surface area contributed by atoms with E-state index in [-0.39, 0.29) is 80.8 Å². The van der Waals surface area contributed by atoms with Crippen molar-refractivity contribution in [3.05, 3.63) is 34.5 Å². The zero-order valence-corrected chi connectivity index (χ0v) is 35.9. The average Bonchev–Trinajstić information content (AvgIpc) is 3.47. The van der Waals surface area contributed by atoms with Crippen molar-refractivity contribution in [3.8, 4) is 23.3 Å². The Morgan fingerprint density at radius 2 is 1.70 bits per heavy atom. The number of carbonyl (C=O) groups is 2. The molecule has 3 saturated heterocycles. The maximum absolute atomic E-state index is 17.9. The number of fused-ring (bicyclic) bond motifs is 6. The van der Waals surface area contributed by atoms with Gasteiger partial charge in [-0.15, -0.1) is 11.3 Å². The Hall–Kier alpha value is -4.99. The lowest BCUT2D eigenvalue weighted by Crippen LogP contribution is -2.56. The molecule has 3 atom stereocenters. The lowest BCUT2D eigenvalue weighted by atomic mass is 9.93. The van der Waals surface area contributed by atoms with Crippen LogP contribution in [0.15, 0.2) is 6.20 Å². The molecule has 61 heavy (non-hydrogen) atoms. The third-order valence-electron chi connectivity index (χ3n) is 12.0. The Kier molecular flexibility index (Phi) is 10.3. The summed E-state index contributed by atoms with van der Waals surface area (Å²) in [5.41, 5.74) is -0.827. The number of thiophene rings is 1. The second kappa shape index (κ2) is 15.1. The third-order valence-corrected chi connectivity index (χ3v) is 13.1. The molecule has 7 heterocycles. The Morgan fingerprint density at radius 1 is 1.00 bits per heavy atom. The summed E-state index contributed by atoms with van der Waals surface area (Å²) in [5.74, 6) is -1.07. The SMILES string of the molecule is CC(C)(C)OC(=O)Nc1sc2c(F)cnc(-c3c4c(c5c(N6C7CCC6CN(C(=O)OC(C)(C)C)C7)nc(OCC6(CN7CC[C@@H](F)C7)CC6)nc5c3F)COC4)c2c1C#N. The van der Waals surface area contributed by atoms with Crippen molar-refractivity contribution in [3.63, 3.8) is 0 Å². The van der Waals surface area contributed by atoms with Crippen molar-refractivity contribution >= 4 is 55.3 Å². The van der Waals surface area contributed by atoms with Crippen LogP contribution in [0.25, 0.3) is 32.2 Å². The highest BCUT2D eigenvalue weighted by atomic mass is 32.1. The molecule has 2 amide bonds. The van der Waals surface area contributed by atoms with Crippen LogP contribution >= 0.6 is 11.3 Å². The first kappa shape index (κ1) is 41.4. The molecular weight excluding hydrogens is 814 g/mol. The van der Waals surface area contributed by atoms with E-state index in [0.717, 1.165) is 43.2 Å². The normalized spacial score (nSPS) is 22.1. The fourth-order valence-corrected chi connectivity index (χ4v) is 10.2. The minimum absolute atomic E-state index is 0.00146. The number of alkyl halides is 1. The number of carbonyl (C=O) groups excluding carboxylic acids is 2. The van der Waals surface area contributed by atoms with Crippen LogP contribution in [0.2, 0.25) is 0 Å². The second-order valence-corrected chi connectivity index (χ2v) is 20.0. The molecule has 5 aliphatic rings. The van der Waals surface area contributed by atoms with E-state index in [1.54, 1.807) is 25.7 Å². The van der Waals surface area contributed by atoms with Gasteiger partial charge in [-0.3, -0.25) is 15.2 Å². The minimum atomic E-state index is -0.847. The van der Waals surface area contributed by atoms with Gasteiger partial charge in [-0.1, -0.05) is 0 Å². The Bertz CT molecular complexity index is 2480. The van der Waals surface area contributed by atoms with Gasteiger partial charge in [-0.25, -0.2) is 22.8 Å². The second-order valence-electron chi connectivity index (χ2n) is 19.0. The van der Waals surface area contributed by atoms with Crippen LogP contribution in [0.5, 0.6) is 6.01 Å². The predicted molar refractivity (Wildman–Crippen MR) is 221 cm³/mol. The summed E-state index contributed by atoms with van der Waals surface area (Å²) < 4.78 is 71.2. The molecule has 1 aromatic carbocycles. The lowest BCUT2D eigenvalue weighted by molar-refractivity contribution is 0.0209. The zero-order valence-electron chi connectivity index (χ0n) is 35.1. The highest BCUT2D eigenvalue weighted by molar-refractivity contribution is 7.23. The van der Waals surface area contributed by atoms with Crippen LogP contribution in [0.4, 0.5) is 33.6 Å². The average molecular weight is 863 g/mol. The van der Waals surface area contributed by atoms with Crippen LogP contribution in [-0.4, -0.2) is 106 Å². The van der Waals surface area contributed by atoms with Gasteiger partial charge in [0.15, 0.2) is 11.6 Å². The van der Waals surface area contributed by atoms with E-state index in [0.29, 0.717) is 61.5 Å². The highest BCUT2D eigenvalue weighted by Crippen LogP contribution is 2.50. The molecule has 9 rings (SSSR count). The molecule has 1 saturated carbocycles. The number of aromatic nitrogens is 3. The van der Waals surface area contributed by atoms with Crippen LogP contribution in [0.3, 0.4) is 0 Å². The number of benzene rings is 1. The first-order valence-corrected chi connectivity index (χ1v) is 21.6. The van der Waals surface area contributed by atoms with E-state index in [1.165, 1.54) is 0 Å². The fraction of sp³-hybridized carbons (Fsp3) is 0.581. The molecule has 4 fully saturated rings. The van der Waals surface area contributed by atoms with Gasteiger partial charge < -0.3 is 28.7 Å². The van der Waals surface area contributed by atoms with E-state index in [1.807, 2.05) is 20.8 Å². The first-order chi connectivity index (χ1) is 28.9. The van der Waals surface area contributed by atoms with Gasteiger partial charge in [0.1, 0.15) is 39.8 Å². The van der Waals surface area contributed by atoms with Crippen molar-refractivity contribution < 1.29 is 41.7 Å². The molecule has 1 aliphatic carbocycles. The van der Waals surface area contributed by atoms with E-state index < -0.39 is 41.2 Å². The van der Waals surface area contributed by atoms with Gasteiger partial charge >= 0.3 is 18.2 Å². The summed E-state index contributed by atoms with van der Waals surface area (Å²) in [7, 11) is 0. The van der Waals surface area contributed by atoms with E-state index in [9.17, 15) is 19.2 Å². The highest BCUT2D eigenvalue weighted by Gasteiger charge is 2.47. The van der Waals surface area contributed by atoms with Crippen molar-refractivity contribution in [2.24, 2.45) is 5.41 Å². The first-order valence-electron chi connectivity index (χ1n) is 20.8. The Morgan fingerprint density at radius 3 is 2.34 bits per heavy atom. The van der Waals surface area contributed by atoms with Gasteiger partial charge in [0, 0.05) is 61.2 Å². The molecule has 3 aromatic heterocycles. The van der Waals surface area contributed by atoms with Gasteiger partial charge in [0.05, 0.1) is 47.4 Å². The topological polar surface area (TPSA) is 155 Å². The number of nitrogens with zero attached hydrogens (tertiary/aromatic N) is 7. The minimum Gasteiger partial charge on any atom is -0.463 e. The van der Waals surface area contributed by atoms with Gasteiger partial charge in [-0.2, -0.15) is 15.2 Å². The standard InChI is InChI=1S/C43H49F3N8O6S/c1-41(2,3)59-39(55)51-37-25(13-47)30-33(48-14-28(45)35(30)61-37)29-26-18-57-19-27(26)31-34(32(29)46)49-38(58-21-43(10-11-43)20-52-12-9-22(44)15-52)50-36(31)54-23-7-8-24(54)17-53(16-23)40(56)60-42(4,5)6/h14,22-24H,7-12,15-21H2,1-6H3,(H,51,55)/t22-,23?,24?/m1/s1.